The molecule has 0 radical (unpaired) electrons. The van der Waals surface area contributed by atoms with Gasteiger partial charge in [0.05, 0.1) is 48.7 Å². The van der Waals surface area contributed by atoms with Crippen LogP contribution in [0.1, 0.15) is 42.3 Å². The van der Waals surface area contributed by atoms with Crippen LogP contribution in [0.2, 0.25) is 0 Å². The number of nitrogens with zero attached hydrogens (tertiary/aromatic N) is 4. The molecule has 0 spiro atoms. The summed E-state index contributed by atoms with van der Waals surface area (Å²) < 4.78 is 32.3. The number of carbonyl (C=O) groups is 1. The lowest BCUT2D eigenvalue weighted by Crippen LogP contribution is -2.52. The van der Waals surface area contributed by atoms with E-state index >= 15 is 0 Å². The second-order valence-corrected chi connectivity index (χ2v) is 14.1. The molecule has 14 heteroatoms. The number of nitrogens with one attached hydrogen (secondary N) is 5. The molecule has 0 aliphatic carbocycles. The van der Waals surface area contributed by atoms with Gasteiger partial charge in [-0.3, -0.25) is 19.5 Å². The zero-order valence-corrected chi connectivity index (χ0v) is 27.2. The Kier molecular flexibility index (Phi) is 8.69. The number of benzene rings is 2. The Bertz CT molecular complexity index is 1590. The molecular weight excluding hydrogens is 582 g/mol. The third-order valence-electron chi connectivity index (χ3n) is 7.97. The van der Waals surface area contributed by atoms with Gasteiger partial charge in [-0.25, -0.2) is 8.42 Å². The van der Waals surface area contributed by atoms with Crippen molar-refractivity contribution in [2.24, 2.45) is 4.99 Å². The normalized spacial score (nSPS) is 19.0. The first-order valence-electron chi connectivity index (χ1n) is 14.6. The number of aliphatic imine (C=N–C) groups is 1. The highest BCUT2D eigenvalue weighted by molar-refractivity contribution is 7.92. The standard InChI is InChI=1S/C30H43N9O4S/c1-19-8-9-20(28(40)33-22-15-21(30(2,3)4)16-23(27(22)43-6)35-44(7,41)42)14-25(19)39-18-24(34-36-39)26-17-32-29(37(26)5)38-12-10-31-11-13-38/h8-9,14-16,18,26,31,34-36H,10-13,17H2,1-7H3,(H,33,40). The highest BCUT2D eigenvalue weighted by atomic mass is 32.2. The lowest BCUT2D eigenvalue weighted by molar-refractivity contribution is 0.102. The molecule has 1 unspecified atom stereocenters. The number of amides is 1. The molecule has 5 N–H and O–H groups in total. The minimum atomic E-state index is -3.59. The Morgan fingerprint density at radius 2 is 1.82 bits per heavy atom. The molecule has 1 saturated heterocycles. The summed E-state index contributed by atoms with van der Waals surface area (Å²) in [6, 6.07) is 9.07. The topological polar surface area (TPSA) is 143 Å². The number of aryl methyl sites for hydroxylation is 1. The predicted molar refractivity (Wildman–Crippen MR) is 174 cm³/mol. The van der Waals surface area contributed by atoms with Crippen LogP contribution in [-0.2, 0) is 15.4 Å². The van der Waals surface area contributed by atoms with Gasteiger partial charge in [0.25, 0.3) is 5.91 Å². The number of ether oxygens (including phenoxy) is 1. The van der Waals surface area contributed by atoms with E-state index in [2.05, 4.69) is 43.2 Å². The SMILES string of the molecule is COc1c(NC(=O)c2ccc(C)c(N3C=C(C4CN=C(N5CCNCC5)N4C)NN3)c2)cc(C(C)(C)C)cc1NS(C)(=O)=O. The van der Waals surface area contributed by atoms with E-state index in [9.17, 15) is 13.2 Å². The summed E-state index contributed by atoms with van der Waals surface area (Å²) in [5, 5.41) is 8.20. The van der Waals surface area contributed by atoms with Crippen molar-refractivity contribution in [2.75, 3.05) is 68.2 Å². The first-order valence-corrected chi connectivity index (χ1v) is 16.5. The van der Waals surface area contributed by atoms with Crippen LogP contribution in [0.4, 0.5) is 17.1 Å². The smallest absolute Gasteiger partial charge is 0.255 e. The summed E-state index contributed by atoms with van der Waals surface area (Å²) in [7, 11) is -0.0859. The monoisotopic (exact) mass is 625 g/mol. The number of hydrogen-bond acceptors (Lipinski definition) is 11. The Hall–Kier alpha value is -4.01. The van der Waals surface area contributed by atoms with Gasteiger partial charge in [-0.1, -0.05) is 26.8 Å². The molecule has 238 valence electrons. The van der Waals surface area contributed by atoms with E-state index in [-0.39, 0.29) is 28.8 Å². The number of rotatable bonds is 7. The number of sulfonamides is 1. The molecule has 0 saturated carbocycles. The fourth-order valence-corrected chi connectivity index (χ4v) is 6.07. The van der Waals surface area contributed by atoms with Crippen molar-refractivity contribution in [3.8, 4) is 5.75 Å². The molecule has 5 rings (SSSR count). The number of hydrogen-bond donors (Lipinski definition) is 5. The second kappa shape index (κ2) is 12.2. The molecule has 3 heterocycles. The summed E-state index contributed by atoms with van der Waals surface area (Å²) >= 11 is 0. The number of carbonyl (C=O) groups excluding carboxylic acids is 1. The van der Waals surface area contributed by atoms with E-state index < -0.39 is 10.0 Å². The van der Waals surface area contributed by atoms with Gasteiger partial charge in [-0.15, -0.1) is 5.53 Å². The Morgan fingerprint density at radius 1 is 1.11 bits per heavy atom. The molecule has 2 aromatic carbocycles. The van der Waals surface area contributed by atoms with Crippen molar-refractivity contribution in [3.05, 3.63) is 58.9 Å². The zero-order valence-electron chi connectivity index (χ0n) is 26.4. The van der Waals surface area contributed by atoms with E-state index in [4.69, 9.17) is 9.73 Å². The maximum Gasteiger partial charge on any atom is 0.255 e. The van der Waals surface area contributed by atoms with Gasteiger partial charge < -0.3 is 30.6 Å². The molecule has 13 nitrogen and oxygen atoms in total. The molecule has 2 aromatic rings. The molecule has 0 bridgehead atoms. The minimum Gasteiger partial charge on any atom is -0.492 e. The predicted octanol–water partition coefficient (Wildman–Crippen LogP) is 2.17. The van der Waals surface area contributed by atoms with Crippen LogP contribution in [0.3, 0.4) is 0 Å². The molecule has 1 amide bonds. The number of methoxy groups -OCH3 is 1. The van der Waals surface area contributed by atoms with Crippen molar-refractivity contribution < 1.29 is 17.9 Å². The van der Waals surface area contributed by atoms with Crippen molar-refractivity contribution in [2.45, 2.75) is 39.2 Å². The Labute approximate surface area is 259 Å². The lowest BCUT2D eigenvalue weighted by Gasteiger charge is -2.34. The van der Waals surface area contributed by atoms with E-state index in [0.717, 1.165) is 60.9 Å². The molecule has 0 aromatic heterocycles. The number of hydrazine groups is 2. The molecule has 1 atom stereocenters. The molecule has 1 fully saturated rings. The first kappa shape index (κ1) is 31.4. The van der Waals surface area contributed by atoms with E-state index in [1.165, 1.54) is 7.11 Å². The van der Waals surface area contributed by atoms with Gasteiger partial charge in [0.2, 0.25) is 10.0 Å². The van der Waals surface area contributed by atoms with Crippen molar-refractivity contribution in [3.63, 3.8) is 0 Å². The zero-order chi connectivity index (χ0) is 31.8. The number of likely N-dealkylation sites (N-methyl/N-ethyl adjacent to an activating group) is 1. The van der Waals surface area contributed by atoms with Crippen molar-refractivity contribution in [1.29, 1.82) is 0 Å². The quantitative estimate of drug-likeness (QED) is 0.311. The van der Waals surface area contributed by atoms with Gasteiger partial charge in [-0.2, -0.15) is 0 Å². The van der Waals surface area contributed by atoms with Crippen LogP contribution < -0.4 is 36.1 Å². The van der Waals surface area contributed by atoms with Gasteiger partial charge >= 0.3 is 0 Å². The fourth-order valence-electron chi connectivity index (χ4n) is 5.52. The average Bonchev–Trinajstić information content (AvgIpc) is 3.59. The summed E-state index contributed by atoms with van der Waals surface area (Å²) in [6.07, 6.45) is 3.08. The third-order valence-corrected chi connectivity index (χ3v) is 8.56. The van der Waals surface area contributed by atoms with E-state index in [1.54, 1.807) is 12.1 Å². The molecule has 3 aliphatic rings. The lowest BCUT2D eigenvalue weighted by atomic mass is 9.86. The minimum absolute atomic E-state index is 0.0569. The second-order valence-electron chi connectivity index (χ2n) is 12.4. The van der Waals surface area contributed by atoms with Crippen LogP contribution in [0.5, 0.6) is 5.75 Å². The molecule has 44 heavy (non-hydrogen) atoms. The maximum absolute atomic E-state index is 13.6. The van der Waals surface area contributed by atoms with Crippen molar-refractivity contribution >= 4 is 39.0 Å². The van der Waals surface area contributed by atoms with Crippen LogP contribution in [0.15, 0.2) is 47.2 Å². The van der Waals surface area contributed by atoms with E-state index in [0.29, 0.717) is 17.8 Å². The first-order chi connectivity index (χ1) is 20.7. The van der Waals surface area contributed by atoms with Crippen LogP contribution in [0, 0.1) is 6.92 Å². The number of piperazine rings is 1. The summed E-state index contributed by atoms with van der Waals surface area (Å²) in [5.41, 5.74) is 10.8. The van der Waals surface area contributed by atoms with Crippen LogP contribution in [-0.4, -0.2) is 89.3 Å². The molecule has 3 aliphatic heterocycles. The maximum atomic E-state index is 13.6. The van der Waals surface area contributed by atoms with Crippen LogP contribution >= 0.6 is 0 Å². The highest BCUT2D eigenvalue weighted by Gasteiger charge is 2.34. The molecular formula is C30H43N9O4S. The number of anilines is 3. The van der Waals surface area contributed by atoms with Crippen molar-refractivity contribution in [1.82, 2.24) is 26.1 Å². The van der Waals surface area contributed by atoms with Gasteiger partial charge in [-0.05, 0) is 47.7 Å². The summed E-state index contributed by atoms with van der Waals surface area (Å²) in [6.45, 7) is 12.4. The average molecular weight is 626 g/mol. The highest BCUT2D eigenvalue weighted by Crippen LogP contribution is 2.39. The summed E-state index contributed by atoms with van der Waals surface area (Å²) in [5.74, 6) is 0.875. The van der Waals surface area contributed by atoms with Gasteiger partial charge in [0.15, 0.2) is 11.7 Å². The summed E-state index contributed by atoms with van der Waals surface area (Å²) in [4.78, 5) is 23.0. The van der Waals surface area contributed by atoms with E-state index in [1.807, 2.05) is 57.1 Å². The number of guanidine groups is 1. The van der Waals surface area contributed by atoms with Gasteiger partial charge in [0, 0.05) is 45.0 Å². The fraction of sp³-hybridized carbons (Fsp3) is 0.467. The Morgan fingerprint density at radius 3 is 2.48 bits per heavy atom. The largest absolute Gasteiger partial charge is 0.492 e. The van der Waals surface area contributed by atoms with Gasteiger partial charge in [0.1, 0.15) is 0 Å². The Balaban J connectivity index is 1.37. The third kappa shape index (κ3) is 6.71. The van der Waals surface area contributed by atoms with Crippen LogP contribution in [0.25, 0.3) is 0 Å².